The third-order valence-electron chi connectivity index (χ3n) is 8.26. The molecule has 252 valence electrons. The molecular formula is C34H44FN5O5SSi. The summed E-state index contributed by atoms with van der Waals surface area (Å²) in [6.45, 7) is 20.4. The Balaban J connectivity index is 1.70. The van der Waals surface area contributed by atoms with Crippen molar-refractivity contribution in [1.82, 2.24) is 15.5 Å². The summed E-state index contributed by atoms with van der Waals surface area (Å²) >= 11 is 1.24. The van der Waals surface area contributed by atoms with Crippen molar-refractivity contribution in [2.75, 3.05) is 17.3 Å². The summed E-state index contributed by atoms with van der Waals surface area (Å²) in [5, 5.41) is 20.4. The number of nitrogens with zero attached hydrogens (tertiary/aromatic N) is 4. The van der Waals surface area contributed by atoms with Crippen LogP contribution in [0.3, 0.4) is 0 Å². The molecule has 0 aliphatic carbocycles. The van der Waals surface area contributed by atoms with Gasteiger partial charge in [-0.2, -0.15) is 5.26 Å². The molecule has 3 aromatic rings. The van der Waals surface area contributed by atoms with E-state index in [4.69, 9.17) is 13.6 Å². The van der Waals surface area contributed by atoms with Crippen LogP contribution >= 0.6 is 11.8 Å². The van der Waals surface area contributed by atoms with Crippen molar-refractivity contribution in [2.24, 2.45) is 0 Å². The molecule has 2 heterocycles. The van der Waals surface area contributed by atoms with Gasteiger partial charge >= 0.3 is 6.09 Å². The van der Waals surface area contributed by atoms with Gasteiger partial charge in [0.2, 0.25) is 5.89 Å². The number of aromatic nitrogens is 2. The lowest BCUT2D eigenvalue weighted by Gasteiger charge is -2.38. The first-order valence-electron chi connectivity index (χ1n) is 15.5. The Hall–Kier alpha value is -3.73. The highest BCUT2D eigenvalue weighted by molar-refractivity contribution is 7.99. The minimum atomic E-state index is -2.05. The molecule has 0 radical (unpaired) electrons. The largest absolute Gasteiger partial charge is 0.444 e. The van der Waals surface area contributed by atoms with Gasteiger partial charge in [0, 0.05) is 17.3 Å². The lowest BCUT2D eigenvalue weighted by atomic mass is 9.95. The predicted octanol–water partition coefficient (Wildman–Crippen LogP) is 7.58. The Kier molecular flexibility index (Phi) is 10.3. The van der Waals surface area contributed by atoms with Crippen LogP contribution in [-0.2, 0) is 25.9 Å². The molecule has 0 spiro atoms. The SMILES string of the molecule is CC(C)(C)OC(=O)N[C@H]1CSc2cc(F)c(-c3nnc(C(C)(C)CO[Si](C)(C)C(C)(C)C)o3)cc2N(Cc2ccc(C#N)cc2)C1=O. The number of fused-ring (bicyclic) bond motifs is 1. The number of benzene rings is 2. The van der Waals surface area contributed by atoms with E-state index in [1.54, 1.807) is 45.0 Å². The van der Waals surface area contributed by atoms with E-state index >= 15 is 4.39 Å². The second-order valence-electron chi connectivity index (χ2n) is 14.9. The Morgan fingerprint density at radius 3 is 2.38 bits per heavy atom. The van der Waals surface area contributed by atoms with E-state index in [1.807, 2.05) is 13.8 Å². The van der Waals surface area contributed by atoms with E-state index in [2.05, 4.69) is 55.4 Å². The zero-order valence-corrected chi connectivity index (χ0v) is 30.6. The molecule has 2 amide bonds. The Morgan fingerprint density at radius 1 is 1.13 bits per heavy atom. The fourth-order valence-electron chi connectivity index (χ4n) is 4.41. The summed E-state index contributed by atoms with van der Waals surface area (Å²) in [5.74, 6) is -0.558. The molecule has 1 N–H and O–H groups in total. The van der Waals surface area contributed by atoms with Crippen LogP contribution in [0.4, 0.5) is 14.9 Å². The van der Waals surface area contributed by atoms with Gasteiger partial charge in [-0.1, -0.05) is 32.9 Å². The number of carbonyl (C=O) groups excluding carboxylic acids is 2. The zero-order chi connectivity index (χ0) is 34.9. The third kappa shape index (κ3) is 8.60. The van der Waals surface area contributed by atoms with Crippen molar-refractivity contribution in [3.8, 4) is 17.5 Å². The van der Waals surface area contributed by atoms with Crippen LogP contribution < -0.4 is 10.2 Å². The minimum Gasteiger partial charge on any atom is -0.444 e. The summed E-state index contributed by atoms with van der Waals surface area (Å²) < 4.78 is 33.7. The molecule has 0 saturated carbocycles. The van der Waals surface area contributed by atoms with E-state index < -0.39 is 43.2 Å². The molecule has 0 bridgehead atoms. The van der Waals surface area contributed by atoms with E-state index in [1.165, 1.54) is 28.8 Å². The second-order valence-corrected chi connectivity index (χ2v) is 20.8. The number of nitrogens with one attached hydrogen (secondary N) is 1. The van der Waals surface area contributed by atoms with E-state index in [0.29, 0.717) is 28.6 Å². The van der Waals surface area contributed by atoms with Crippen LogP contribution in [0, 0.1) is 17.1 Å². The minimum absolute atomic E-state index is 0.0224. The Bertz CT molecular complexity index is 1670. The topological polar surface area (TPSA) is 131 Å². The van der Waals surface area contributed by atoms with Gasteiger partial charge in [0.1, 0.15) is 17.5 Å². The highest BCUT2D eigenvalue weighted by Crippen LogP contribution is 2.41. The first-order chi connectivity index (χ1) is 21.7. The third-order valence-corrected chi connectivity index (χ3v) is 13.9. The normalized spacial score (nSPS) is 15.9. The van der Waals surface area contributed by atoms with Crippen molar-refractivity contribution in [3.05, 3.63) is 59.2 Å². The first kappa shape index (κ1) is 36.1. The van der Waals surface area contributed by atoms with Crippen LogP contribution in [0.25, 0.3) is 11.5 Å². The van der Waals surface area contributed by atoms with Crippen molar-refractivity contribution in [2.45, 2.75) is 102 Å². The van der Waals surface area contributed by atoms with Gasteiger partial charge in [-0.15, -0.1) is 22.0 Å². The molecule has 0 saturated heterocycles. The van der Waals surface area contributed by atoms with Crippen LogP contribution in [0.15, 0.2) is 45.7 Å². The van der Waals surface area contributed by atoms with Crippen LogP contribution in [-0.4, -0.2) is 54.5 Å². The molecule has 1 atom stereocenters. The van der Waals surface area contributed by atoms with Gasteiger partial charge in [-0.25, -0.2) is 9.18 Å². The number of rotatable bonds is 8. The highest BCUT2D eigenvalue weighted by Gasteiger charge is 2.40. The molecule has 1 aromatic heterocycles. The van der Waals surface area contributed by atoms with Gasteiger partial charge < -0.3 is 23.8 Å². The quantitative estimate of drug-likeness (QED) is 0.239. The van der Waals surface area contributed by atoms with Gasteiger partial charge in [-0.05, 0) is 82.6 Å². The summed E-state index contributed by atoms with van der Waals surface area (Å²) in [6.07, 6.45) is -0.730. The molecule has 1 aliphatic heterocycles. The summed E-state index contributed by atoms with van der Waals surface area (Å²) in [5.41, 5.74) is 0.278. The van der Waals surface area contributed by atoms with Gasteiger partial charge in [0.15, 0.2) is 8.32 Å². The molecule has 10 nitrogen and oxygen atoms in total. The number of amides is 2. The second kappa shape index (κ2) is 13.4. The fraction of sp³-hybridized carbons (Fsp3) is 0.500. The number of hydrogen-bond acceptors (Lipinski definition) is 9. The Labute approximate surface area is 281 Å². The van der Waals surface area contributed by atoms with Gasteiger partial charge in [0.05, 0.1) is 34.8 Å². The molecule has 4 rings (SSSR count). The molecule has 1 aliphatic rings. The van der Waals surface area contributed by atoms with Crippen LogP contribution in [0.1, 0.15) is 72.4 Å². The number of halogens is 1. The number of alkyl carbamates (subject to hydrolysis) is 1. The van der Waals surface area contributed by atoms with Gasteiger partial charge in [0.25, 0.3) is 11.8 Å². The lowest BCUT2D eigenvalue weighted by molar-refractivity contribution is -0.120. The first-order valence-corrected chi connectivity index (χ1v) is 19.3. The average Bonchev–Trinajstić information content (AvgIpc) is 3.43. The van der Waals surface area contributed by atoms with Gasteiger partial charge in [-0.3, -0.25) is 4.79 Å². The zero-order valence-electron chi connectivity index (χ0n) is 28.8. The average molecular weight is 682 g/mol. The predicted molar refractivity (Wildman–Crippen MR) is 182 cm³/mol. The van der Waals surface area contributed by atoms with E-state index in [9.17, 15) is 14.9 Å². The summed E-state index contributed by atoms with van der Waals surface area (Å²) in [6, 6.07) is 10.8. The molecule has 13 heteroatoms. The molecule has 47 heavy (non-hydrogen) atoms. The molecule has 0 fully saturated rings. The lowest BCUT2D eigenvalue weighted by Crippen LogP contribution is -2.50. The number of hydrogen-bond donors (Lipinski definition) is 1. The molecule has 2 aromatic carbocycles. The monoisotopic (exact) mass is 681 g/mol. The van der Waals surface area contributed by atoms with Crippen molar-refractivity contribution < 1.29 is 27.6 Å². The Morgan fingerprint density at radius 2 is 1.79 bits per heavy atom. The maximum atomic E-state index is 15.8. The van der Waals surface area contributed by atoms with Crippen LogP contribution in [0.2, 0.25) is 18.1 Å². The molecular weight excluding hydrogens is 638 g/mol. The van der Waals surface area contributed by atoms with Crippen molar-refractivity contribution >= 4 is 37.8 Å². The summed E-state index contributed by atoms with van der Waals surface area (Å²) in [4.78, 5) is 28.7. The maximum absolute atomic E-state index is 15.8. The number of anilines is 1. The standard InChI is InChI=1S/C34H44FN5O5SSi/c1-32(2,3)45-31(42)37-25-19-46-27-16-24(35)23(15-26(27)40(29(25)41)18-22-13-11-21(17-36)12-14-22)28-38-39-30(44-28)34(7,8)20-43-47(9,10)33(4,5)6/h11-16,25H,18-20H2,1-10H3,(H,37,42)/t25-/m0/s1. The van der Waals surface area contributed by atoms with Crippen LogP contribution in [0.5, 0.6) is 0 Å². The van der Waals surface area contributed by atoms with Crippen molar-refractivity contribution in [1.29, 1.82) is 5.26 Å². The smallest absolute Gasteiger partial charge is 0.408 e. The summed E-state index contributed by atoms with van der Waals surface area (Å²) in [7, 11) is -2.05. The fourth-order valence-corrected chi connectivity index (χ4v) is 6.64. The number of thioether (sulfide) groups is 1. The van der Waals surface area contributed by atoms with E-state index in [0.717, 1.165) is 5.56 Å². The number of carbonyl (C=O) groups is 2. The van der Waals surface area contributed by atoms with E-state index in [-0.39, 0.29) is 28.8 Å². The number of ether oxygens (including phenoxy) is 1. The number of nitriles is 1. The maximum Gasteiger partial charge on any atom is 0.408 e. The highest BCUT2D eigenvalue weighted by atomic mass is 32.2. The van der Waals surface area contributed by atoms with Crippen molar-refractivity contribution in [3.63, 3.8) is 0 Å². The molecule has 0 unspecified atom stereocenters.